The molecule has 0 radical (unpaired) electrons. The first kappa shape index (κ1) is 27.1. The van der Waals surface area contributed by atoms with E-state index < -0.39 is 0 Å². The Labute approximate surface area is 236 Å². The number of aromatic hydroxyl groups is 1. The maximum atomic E-state index is 11.4. The topological polar surface area (TPSA) is 68.1 Å². The Bertz CT molecular complexity index is 1520. The number of phenols is 1. The summed E-state index contributed by atoms with van der Waals surface area (Å²) in [5.74, 6) is 1.87. The number of phenolic OH excluding ortho intramolecular Hbond substituents is 1. The highest BCUT2D eigenvalue weighted by atomic mass is 16.5. The van der Waals surface area contributed by atoms with Gasteiger partial charge < -0.3 is 9.84 Å². The first-order chi connectivity index (χ1) is 19.7. The number of unbranched alkanes of at least 4 members (excludes halogenated alkanes) is 1. The second-order valence-electron chi connectivity index (χ2n) is 10.0. The standard InChI is InChI=1S/C35H35N3O2/c1-3-5-12-25(4-2)22-40-29-17-18-30(33(39)21-29)32-20-28(26-13-8-6-9-14-26)19-31(27-15-10-7-11-16-27)34(32)35-37-23-36-24-38-35/h6-11,13-21,23-25,39H,3-5,12,22H2,1-2H3. The summed E-state index contributed by atoms with van der Waals surface area (Å²) in [4.78, 5) is 13.1. The van der Waals surface area contributed by atoms with Crippen molar-refractivity contribution in [1.82, 2.24) is 15.0 Å². The number of rotatable bonds is 11. The first-order valence-corrected chi connectivity index (χ1v) is 14.0. The van der Waals surface area contributed by atoms with Crippen molar-refractivity contribution in [1.29, 1.82) is 0 Å². The van der Waals surface area contributed by atoms with Gasteiger partial charge in [0, 0.05) is 17.2 Å². The zero-order valence-corrected chi connectivity index (χ0v) is 23.1. The van der Waals surface area contributed by atoms with Crippen LogP contribution in [-0.2, 0) is 0 Å². The Balaban J connectivity index is 1.64. The third-order valence-corrected chi connectivity index (χ3v) is 7.34. The Hall–Kier alpha value is -4.51. The molecule has 1 atom stereocenters. The zero-order valence-electron chi connectivity index (χ0n) is 23.1. The maximum Gasteiger partial charge on any atom is 0.163 e. The van der Waals surface area contributed by atoms with Crippen molar-refractivity contribution in [2.45, 2.75) is 39.5 Å². The fourth-order valence-electron chi connectivity index (χ4n) is 5.05. The van der Waals surface area contributed by atoms with E-state index in [1.165, 1.54) is 25.5 Å². The third kappa shape index (κ3) is 6.20. The molecule has 5 heteroatoms. The van der Waals surface area contributed by atoms with Crippen molar-refractivity contribution in [3.63, 3.8) is 0 Å². The van der Waals surface area contributed by atoms with E-state index in [1.807, 2.05) is 48.5 Å². The van der Waals surface area contributed by atoms with Crippen LogP contribution in [0.25, 0.3) is 44.8 Å². The van der Waals surface area contributed by atoms with E-state index in [1.54, 1.807) is 6.07 Å². The molecule has 1 aromatic heterocycles. The molecule has 1 unspecified atom stereocenters. The molecule has 5 nitrogen and oxygen atoms in total. The molecule has 0 aliphatic rings. The molecule has 0 spiro atoms. The number of hydrogen-bond acceptors (Lipinski definition) is 5. The SMILES string of the molecule is CCCCC(CC)COc1ccc(-c2cc(-c3ccccc3)cc(-c3ccccc3)c2-c2ncncn2)c(O)c1. The monoisotopic (exact) mass is 529 g/mol. The third-order valence-electron chi connectivity index (χ3n) is 7.34. The molecule has 40 heavy (non-hydrogen) atoms. The quantitative estimate of drug-likeness (QED) is 0.185. The summed E-state index contributed by atoms with van der Waals surface area (Å²) >= 11 is 0. The summed E-state index contributed by atoms with van der Waals surface area (Å²) in [5, 5.41) is 11.4. The highest BCUT2D eigenvalue weighted by molar-refractivity contribution is 5.97. The van der Waals surface area contributed by atoms with Crippen molar-refractivity contribution in [2.75, 3.05) is 6.61 Å². The fourth-order valence-corrected chi connectivity index (χ4v) is 5.05. The maximum absolute atomic E-state index is 11.4. The molecule has 202 valence electrons. The average molecular weight is 530 g/mol. The number of hydrogen-bond donors (Lipinski definition) is 1. The van der Waals surface area contributed by atoms with Gasteiger partial charge in [-0.3, -0.25) is 0 Å². The number of aromatic nitrogens is 3. The van der Waals surface area contributed by atoms with Crippen LogP contribution in [-0.4, -0.2) is 26.7 Å². The lowest BCUT2D eigenvalue weighted by atomic mass is 9.87. The largest absolute Gasteiger partial charge is 0.507 e. The normalized spacial score (nSPS) is 11.8. The van der Waals surface area contributed by atoms with E-state index in [-0.39, 0.29) is 5.75 Å². The first-order valence-electron chi connectivity index (χ1n) is 14.0. The van der Waals surface area contributed by atoms with Crippen LogP contribution in [0, 0.1) is 5.92 Å². The molecule has 5 rings (SSSR count). The minimum atomic E-state index is 0.152. The minimum absolute atomic E-state index is 0.152. The number of nitrogens with zero attached hydrogens (tertiary/aromatic N) is 3. The van der Waals surface area contributed by atoms with E-state index in [0.717, 1.165) is 46.2 Å². The predicted octanol–water partition coefficient (Wildman–Crippen LogP) is 8.84. The summed E-state index contributed by atoms with van der Waals surface area (Å²) in [5.41, 5.74) is 6.50. The number of benzene rings is 4. The van der Waals surface area contributed by atoms with Gasteiger partial charge >= 0.3 is 0 Å². The molecule has 5 aromatic rings. The Morgan fingerprint density at radius 2 is 1.40 bits per heavy atom. The zero-order chi connectivity index (χ0) is 27.7. The van der Waals surface area contributed by atoms with Crippen molar-refractivity contribution in [2.24, 2.45) is 5.92 Å². The lowest BCUT2D eigenvalue weighted by molar-refractivity contribution is 0.232. The van der Waals surface area contributed by atoms with Crippen LogP contribution in [0.2, 0.25) is 0 Å². The molecule has 1 N–H and O–H groups in total. The molecule has 0 bridgehead atoms. The second-order valence-corrected chi connectivity index (χ2v) is 10.0. The highest BCUT2D eigenvalue weighted by Gasteiger charge is 2.21. The van der Waals surface area contributed by atoms with Crippen molar-refractivity contribution < 1.29 is 9.84 Å². The van der Waals surface area contributed by atoms with Gasteiger partial charge in [0.1, 0.15) is 24.2 Å². The Kier molecular flexibility index (Phi) is 8.82. The highest BCUT2D eigenvalue weighted by Crippen LogP contribution is 2.45. The molecular weight excluding hydrogens is 494 g/mol. The molecule has 0 aliphatic carbocycles. The average Bonchev–Trinajstić information content (AvgIpc) is 3.02. The van der Waals surface area contributed by atoms with Crippen LogP contribution in [0.1, 0.15) is 39.5 Å². The van der Waals surface area contributed by atoms with E-state index in [0.29, 0.717) is 29.7 Å². The van der Waals surface area contributed by atoms with Gasteiger partial charge in [0.25, 0.3) is 0 Å². The van der Waals surface area contributed by atoms with Gasteiger partial charge in [0.15, 0.2) is 5.82 Å². The van der Waals surface area contributed by atoms with Gasteiger partial charge in [-0.25, -0.2) is 15.0 Å². The lowest BCUT2D eigenvalue weighted by Gasteiger charge is -2.19. The molecule has 0 fully saturated rings. The summed E-state index contributed by atoms with van der Waals surface area (Å²) < 4.78 is 6.14. The Morgan fingerprint density at radius 3 is 2.05 bits per heavy atom. The van der Waals surface area contributed by atoms with E-state index in [4.69, 9.17) is 4.74 Å². The van der Waals surface area contributed by atoms with Gasteiger partial charge in [-0.1, -0.05) is 93.8 Å². The second kappa shape index (κ2) is 13.0. The summed E-state index contributed by atoms with van der Waals surface area (Å²) in [7, 11) is 0. The van der Waals surface area contributed by atoms with Crippen molar-refractivity contribution in [3.8, 4) is 56.3 Å². The summed E-state index contributed by atoms with van der Waals surface area (Å²) in [6.07, 6.45) is 7.63. The molecular formula is C35H35N3O2. The summed E-state index contributed by atoms with van der Waals surface area (Å²) in [6.45, 7) is 5.07. The van der Waals surface area contributed by atoms with E-state index >= 15 is 0 Å². The molecule has 0 saturated carbocycles. The van der Waals surface area contributed by atoms with Gasteiger partial charge in [0.05, 0.1) is 6.61 Å². The van der Waals surface area contributed by atoms with Crippen LogP contribution >= 0.6 is 0 Å². The summed E-state index contributed by atoms with van der Waals surface area (Å²) in [6, 6.07) is 30.3. The fraction of sp³-hybridized carbons (Fsp3) is 0.229. The van der Waals surface area contributed by atoms with Crippen LogP contribution in [0.15, 0.2) is 104 Å². The van der Waals surface area contributed by atoms with E-state index in [9.17, 15) is 5.11 Å². The molecule has 4 aromatic carbocycles. The van der Waals surface area contributed by atoms with Crippen LogP contribution in [0.4, 0.5) is 0 Å². The van der Waals surface area contributed by atoms with Crippen LogP contribution in [0.3, 0.4) is 0 Å². The smallest absolute Gasteiger partial charge is 0.163 e. The predicted molar refractivity (Wildman–Crippen MR) is 162 cm³/mol. The van der Waals surface area contributed by atoms with E-state index in [2.05, 4.69) is 65.2 Å². The minimum Gasteiger partial charge on any atom is -0.507 e. The van der Waals surface area contributed by atoms with Gasteiger partial charge in [0.2, 0.25) is 0 Å². The molecule has 0 amide bonds. The molecule has 0 saturated heterocycles. The van der Waals surface area contributed by atoms with Gasteiger partial charge in [-0.15, -0.1) is 0 Å². The molecule has 1 heterocycles. The van der Waals surface area contributed by atoms with Crippen LogP contribution < -0.4 is 4.74 Å². The van der Waals surface area contributed by atoms with Crippen molar-refractivity contribution in [3.05, 3.63) is 104 Å². The van der Waals surface area contributed by atoms with Crippen LogP contribution in [0.5, 0.6) is 11.5 Å². The van der Waals surface area contributed by atoms with Gasteiger partial charge in [-0.2, -0.15) is 0 Å². The van der Waals surface area contributed by atoms with Crippen molar-refractivity contribution >= 4 is 0 Å². The lowest BCUT2D eigenvalue weighted by Crippen LogP contribution is -2.11. The number of ether oxygens (including phenoxy) is 1. The molecule has 0 aliphatic heterocycles. The Morgan fingerprint density at radius 1 is 0.725 bits per heavy atom. The van der Waals surface area contributed by atoms with Gasteiger partial charge in [-0.05, 0) is 64.4 Å².